The van der Waals surface area contributed by atoms with Gasteiger partial charge < -0.3 is 5.11 Å². The molecule has 104 valence electrons. The number of aryl methyl sites for hydroxylation is 3. The van der Waals surface area contributed by atoms with Gasteiger partial charge in [0.1, 0.15) is 0 Å². The Kier molecular flexibility index (Phi) is 3.63. The van der Waals surface area contributed by atoms with E-state index in [1.54, 1.807) is 4.57 Å². The lowest BCUT2D eigenvalue weighted by molar-refractivity contribution is -0.613. The third kappa shape index (κ3) is 2.44. The molecule has 0 saturated carbocycles. The monoisotopic (exact) mass is 292 g/mol. The maximum atomic E-state index is 12.2. The summed E-state index contributed by atoms with van der Waals surface area (Å²) in [6.45, 7) is 5.63. The van der Waals surface area contributed by atoms with Crippen LogP contribution in [-0.2, 0) is 0 Å². The Morgan fingerprint density at radius 3 is 2.15 bits per heavy atom. The number of rotatable bonds is 2. The van der Waals surface area contributed by atoms with Gasteiger partial charge in [-0.2, -0.15) is 4.57 Å². The summed E-state index contributed by atoms with van der Waals surface area (Å²) in [5.74, 6) is -0.419. The Hall–Kier alpha value is -2.14. The highest BCUT2D eigenvalue weighted by Gasteiger charge is 2.21. The molecule has 2 aromatic rings. The average Bonchev–Trinajstić information content (AvgIpc) is 2.32. The van der Waals surface area contributed by atoms with Crippen LogP contribution >= 0.6 is 11.6 Å². The predicted molar refractivity (Wildman–Crippen MR) is 73.3 cm³/mol. The van der Waals surface area contributed by atoms with E-state index in [2.05, 4.69) is 0 Å². The summed E-state index contributed by atoms with van der Waals surface area (Å²) in [6, 6.07) is 6.13. The van der Waals surface area contributed by atoms with Crippen molar-refractivity contribution < 1.29 is 14.6 Å². The molecule has 1 aromatic heterocycles. The molecule has 1 heterocycles. The minimum absolute atomic E-state index is 0.152. The smallest absolute Gasteiger partial charge is 0.277 e. The minimum atomic E-state index is -0.561. The van der Waals surface area contributed by atoms with E-state index in [4.69, 9.17) is 11.6 Å². The van der Waals surface area contributed by atoms with E-state index in [-0.39, 0.29) is 16.4 Å². The summed E-state index contributed by atoms with van der Waals surface area (Å²) in [4.78, 5) is 10.3. The zero-order valence-corrected chi connectivity index (χ0v) is 12.1. The summed E-state index contributed by atoms with van der Waals surface area (Å²) in [7, 11) is 0. The van der Waals surface area contributed by atoms with E-state index in [0.29, 0.717) is 0 Å². The van der Waals surface area contributed by atoms with Crippen LogP contribution in [0.25, 0.3) is 5.69 Å². The largest absolute Gasteiger partial charge is 0.867 e. The molecule has 5 nitrogen and oxygen atoms in total. The van der Waals surface area contributed by atoms with Crippen molar-refractivity contribution in [3.05, 3.63) is 56.4 Å². The summed E-state index contributed by atoms with van der Waals surface area (Å²) >= 11 is 5.82. The third-order valence-corrected chi connectivity index (χ3v) is 3.32. The summed E-state index contributed by atoms with van der Waals surface area (Å²) in [5, 5.41) is 22.9. The Morgan fingerprint density at radius 2 is 1.65 bits per heavy atom. The molecule has 1 aromatic carbocycles. The number of nitro benzene ring substituents is 1. The Bertz CT molecular complexity index is 691. The molecule has 0 fully saturated rings. The fourth-order valence-corrected chi connectivity index (χ4v) is 2.53. The Morgan fingerprint density at radius 1 is 1.10 bits per heavy atom. The second-order valence-electron chi connectivity index (χ2n) is 4.68. The number of non-ortho nitro benzene ring substituents is 1. The summed E-state index contributed by atoms with van der Waals surface area (Å²) < 4.78 is 1.67. The quantitative estimate of drug-likeness (QED) is 0.485. The van der Waals surface area contributed by atoms with Gasteiger partial charge in [-0.15, -0.1) is 0 Å². The van der Waals surface area contributed by atoms with Crippen molar-refractivity contribution in [1.82, 2.24) is 0 Å². The first-order valence-corrected chi connectivity index (χ1v) is 6.34. The van der Waals surface area contributed by atoms with Crippen LogP contribution in [0.4, 0.5) is 5.69 Å². The first-order valence-electron chi connectivity index (χ1n) is 5.96. The van der Waals surface area contributed by atoms with E-state index in [0.717, 1.165) is 23.0 Å². The lowest BCUT2D eigenvalue weighted by atomic mass is 10.1. The summed E-state index contributed by atoms with van der Waals surface area (Å²) in [6.07, 6.45) is 0. The zero-order valence-electron chi connectivity index (χ0n) is 11.3. The molecule has 20 heavy (non-hydrogen) atoms. The van der Waals surface area contributed by atoms with Gasteiger partial charge in [-0.05, 0) is 18.2 Å². The molecule has 0 radical (unpaired) electrons. The number of pyridine rings is 1. The summed E-state index contributed by atoms with van der Waals surface area (Å²) in [5.41, 5.74) is 2.68. The first-order chi connectivity index (χ1) is 9.31. The molecule has 0 spiro atoms. The van der Waals surface area contributed by atoms with Crippen LogP contribution in [-0.4, -0.2) is 4.92 Å². The Labute approximate surface area is 121 Å². The lowest BCUT2D eigenvalue weighted by Crippen LogP contribution is -2.38. The second kappa shape index (κ2) is 5.09. The average molecular weight is 293 g/mol. The predicted octanol–water partition coefficient (Wildman–Crippen LogP) is 2.52. The molecular formula is C14H13ClN2O3. The van der Waals surface area contributed by atoms with Crippen LogP contribution in [0.3, 0.4) is 0 Å². The van der Waals surface area contributed by atoms with Crippen molar-refractivity contribution in [2.24, 2.45) is 0 Å². The van der Waals surface area contributed by atoms with Crippen molar-refractivity contribution in [3.63, 3.8) is 0 Å². The maximum Gasteiger partial charge on any atom is 0.277 e. The van der Waals surface area contributed by atoms with E-state index in [1.165, 1.54) is 6.07 Å². The number of benzene rings is 1. The molecule has 0 aliphatic rings. The van der Waals surface area contributed by atoms with Gasteiger partial charge in [-0.3, -0.25) is 10.1 Å². The molecule has 0 aliphatic carbocycles. The van der Waals surface area contributed by atoms with Gasteiger partial charge in [0, 0.05) is 37.1 Å². The number of halogens is 1. The second-order valence-corrected chi connectivity index (χ2v) is 5.09. The molecule has 0 aliphatic heterocycles. The van der Waals surface area contributed by atoms with Gasteiger partial charge in [-0.25, -0.2) is 0 Å². The topological polar surface area (TPSA) is 70.1 Å². The molecule has 0 atom stereocenters. The highest BCUT2D eigenvalue weighted by Crippen LogP contribution is 2.30. The lowest BCUT2D eigenvalue weighted by Gasteiger charge is -2.13. The van der Waals surface area contributed by atoms with Crippen LogP contribution in [0.2, 0.25) is 5.02 Å². The molecule has 0 amide bonds. The van der Waals surface area contributed by atoms with Crippen molar-refractivity contribution in [2.45, 2.75) is 20.8 Å². The highest BCUT2D eigenvalue weighted by atomic mass is 35.5. The normalized spacial score (nSPS) is 10.6. The molecular weight excluding hydrogens is 280 g/mol. The minimum Gasteiger partial charge on any atom is -0.867 e. The van der Waals surface area contributed by atoms with Gasteiger partial charge in [0.25, 0.3) is 5.69 Å². The number of aromatic nitrogens is 1. The SMILES string of the molecule is Cc1cc(C)[n+](-c2cc([N+](=O)[O-])cc(Cl)c2[O-])c(C)c1. The van der Waals surface area contributed by atoms with Crippen molar-refractivity contribution >= 4 is 17.3 Å². The molecule has 0 saturated heterocycles. The number of nitro groups is 1. The van der Waals surface area contributed by atoms with Crippen LogP contribution < -0.4 is 9.67 Å². The van der Waals surface area contributed by atoms with Gasteiger partial charge in [0.05, 0.1) is 11.0 Å². The van der Waals surface area contributed by atoms with Gasteiger partial charge in [0.2, 0.25) is 5.69 Å². The van der Waals surface area contributed by atoms with Crippen molar-refractivity contribution in [2.75, 3.05) is 0 Å². The van der Waals surface area contributed by atoms with Crippen LogP contribution in [0.15, 0.2) is 24.3 Å². The molecule has 6 heteroatoms. The zero-order chi connectivity index (χ0) is 15.0. The number of hydrogen-bond donors (Lipinski definition) is 0. The van der Waals surface area contributed by atoms with Gasteiger partial charge in [0.15, 0.2) is 11.4 Å². The maximum absolute atomic E-state index is 12.2. The van der Waals surface area contributed by atoms with E-state index >= 15 is 0 Å². The molecule has 0 unspecified atom stereocenters. The third-order valence-electron chi connectivity index (χ3n) is 3.04. The van der Waals surface area contributed by atoms with Crippen LogP contribution in [0.1, 0.15) is 17.0 Å². The molecule has 0 bridgehead atoms. The molecule has 2 rings (SSSR count). The van der Waals surface area contributed by atoms with E-state index in [1.807, 2.05) is 32.9 Å². The van der Waals surface area contributed by atoms with E-state index < -0.39 is 10.7 Å². The fourth-order valence-electron chi connectivity index (χ4n) is 2.32. The van der Waals surface area contributed by atoms with Crippen LogP contribution in [0.5, 0.6) is 5.75 Å². The van der Waals surface area contributed by atoms with Crippen LogP contribution in [0, 0.1) is 30.9 Å². The van der Waals surface area contributed by atoms with Gasteiger partial charge in [-0.1, -0.05) is 11.6 Å². The Balaban J connectivity index is 2.79. The van der Waals surface area contributed by atoms with Crippen molar-refractivity contribution in [1.29, 1.82) is 0 Å². The van der Waals surface area contributed by atoms with E-state index in [9.17, 15) is 15.2 Å². The highest BCUT2D eigenvalue weighted by molar-refractivity contribution is 6.32. The van der Waals surface area contributed by atoms with Gasteiger partial charge >= 0.3 is 0 Å². The fraction of sp³-hybridized carbons (Fsp3) is 0.214. The standard InChI is InChI=1S/C14H13ClN2O3/c1-8-4-9(2)16(10(3)5-8)13-7-11(17(19)20)6-12(15)14(13)18/h4-7H,1-3H3. The number of hydrogen-bond acceptors (Lipinski definition) is 3. The number of nitrogens with zero attached hydrogens (tertiary/aromatic N) is 2. The van der Waals surface area contributed by atoms with Crippen molar-refractivity contribution in [3.8, 4) is 11.4 Å². The first kappa shape index (κ1) is 14.3. The molecule has 0 N–H and O–H groups in total.